The van der Waals surface area contributed by atoms with Crippen molar-refractivity contribution in [2.75, 3.05) is 0 Å². The molecule has 84 valence electrons. The van der Waals surface area contributed by atoms with Crippen LogP contribution in [0, 0.1) is 11.8 Å². The molecule has 0 spiro atoms. The van der Waals surface area contributed by atoms with Crippen molar-refractivity contribution < 1.29 is 20.4 Å². The highest BCUT2D eigenvalue weighted by molar-refractivity contribution is 5.31. The molecule has 0 radical (unpaired) electrons. The Kier molecular flexibility index (Phi) is 3.53. The van der Waals surface area contributed by atoms with E-state index in [1.165, 1.54) is 0 Å². The van der Waals surface area contributed by atoms with Crippen molar-refractivity contribution in [3.05, 3.63) is 12.2 Å². The average molecular weight is 212 g/mol. The molecule has 1 aliphatic rings. The number of rotatable bonds is 0. The van der Waals surface area contributed by atoms with Gasteiger partial charge in [0.25, 0.3) is 0 Å². The van der Waals surface area contributed by atoms with Crippen LogP contribution in [-0.4, -0.2) is 44.3 Å². The third kappa shape index (κ3) is 2.39. The molecule has 15 heavy (non-hydrogen) atoms. The van der Waals surface area contributed by atoms with Gasteiger partial charge in [0.1, 0.15) is 6.10 Å². The molecule has 4 nitrogen and oxygen atoms in total. The third-order valence-corrected chi connectivity index (χ3v) is 2.54. The second-order valence-electron chi connectivity index (χ2n) is 3.96. The van der Waals surface area contributed by atoms with Crippen LogP contribution < -0.4 is 0 Å². The summed E-state index contributed by atoms with van der Waals surface area (Å²) < 4.78 is 0. The minimum absolute atomic E-state index is 0.208. The lowest BCUT2D eigenvalue weighted by atomic mass is 9.78. The second kappa shape index (κ2) is 4.33. The van der Waals surface area contributed by atoms with Crippen LogP contribution in [0.2, 0.25) is 0 Å². The molecule has 0 amide bonds. The zero-order chi connectivity index (χ0) is 11.6. The number of allylic oxidation sites excluding steroid dienone is 1. The van der Waals surface area contributed by atoms with Crippen LogP contribution in [0.3, 0.4) is 0 Å². The smallest absolute Gasteiger partial charge is 0.179 e. The summed E-state index contributed by atoms with van der Waals surface area (Å²) in [4.78, 5) is 0. The van der Waals surface area contributed by atoms with Crippen LogP contribution in [-0.2, 0) is 0 Å². The Labute approximate surface area is 88.9 Å². The van der Waals surface area contributed by atoms with Crippen molar-refractivity contribution in [1.29, 1.82) is 0 Å². The van der Waals surface area contributed by atoms with Gasteiger partial charge >= 0.3 is 0 Å². The van der Waals surface area contributed by atoms with E-state index in [-0.39, 0.29) is 12.8 Å². The molecule has 0 aromatic heterocycles. The summed E-state index contributed by atoms with van der Waals surface area (Å²) >= 11 is 0. The van der Waals surface area contributed by atoms with Crippen molar-refractivity contribution in [2.45, 2.75) is 43.7 Å². The second-order valence-corrected chi connectivity index (χ2v) is 3.96. The Morgan fingerprint density at radius 1 is 1.33 bits per heavy atom. The zero-order valence-electron chi connectivity index (χ0n) is 8.64. The maximum Gasteiger partial charge on any atom is 0.179 e. The van der Waals surface area contributed by atoms with Gasteiger partial charge in [0.2, 0.25) is 0 Å². The number of hydrogen-bond acceptors (Lipinski definition) is 4. The molecule has 0 aromatic rings. The van der Waals surface area contributed by atoms with E-state index in [4.69, 9.17) is 0 Å². The van der Waals surface area contributed by atoms with Gasteiger partial charge in [0.15, 0.2) is 5.60 Å². The molecule has 0 heterocycles. The number of aliphatic hydroxyl groups excluding tert-OH is 3. The molecule has 1 saturated carbocycles. The van der Waals surface area contributed by atoms with E-state index >= 15 is 0 Å². The van der Waals surface area contributed by atoms with E-state index in [0.717, 1.165) is 0 Å². The molecular formula is C11H16O4. The summed E-state index contributed by atoms with van der Waals surface area (Å²) in [5.74, 6) is 4.88. The van der Waals surface area contributed by atoms with Gasteiger partial charge in [-0.25, -0.2) is 0 Å². The summed E-state index contributed by atoms with van der Waals surface area (Å²) in [5.41, 5.74) is -1.45. The SMILES string of the molecule is C=C(C)C#CC1(O)C(O)CCC(O)C1O. The molecule has 4 heteroatoms. The molecule has 0 saturated heterocycles. The standard InChI is InChI=1S/C11H16O4/c1-7(2)5-6-11(15)9(13)4-3-8(12)10(11)14/h8-10,12-15H,1,3-4H2,2H3. The highest BCUT2D eigenvalue weighted by Crippen LogP contribution is 2.29. The van der Waals surface area contributed by atoms with Gasteiger partial charge in [0, 0.05) is 0 Å². The van der Waals surface area contributed by atoms with E-state index in [2.05, 4.69) is 18.4 Å². The average Bonchev–Trinajstić information content (AvgIpc) is 2.18. The van der Waals surface area contributed by atoms with Gasteiger partial charge in [-0.1, -0.05) is 18.4 Å². The molecule has 1 fully saturated rings. The first-order valence-corrected chi connectivity index (χ1v) is 4.83. The summed E-state index contributed by atoms with van der Waals surface area (Å²) in [6, 6.07) is 0. The summed E-state index contributed by atoms with van der Waals surface area (Å²) in [5, 5.41) is 38.5. The van der Waals surface area contributed by atoms with E-state index in [0.29, 0.717) is 5.57 Å². The molecule has 4 unspecified atom stereocenters. The van der Waals surface area contributed by atoms with Gasteiger partial charge in [-0.2, -0.15) is 0 Å². The van der Waals surface area contributed by atoms with Crippen molar-refractivity contribution in [3.63, 3.8) is 0 Å². The maximum atomic E-state index is 9.95. The molecule has 4 N–H and O–H groups in total. The first-order valence-electron chi connectivity index (χ1n) is 4.83. The van der Waals surface area contributed by atoms with Gasteiger partial charge in [-0.3, -0.25) is 0 Å². The van der Waals surface area contributed by atoms with Crippen LogP contribution in [0.1, 0.15) is 19.8 Å². The quantitative estimate of drug-likeness (QED) is 0.395. The Morgan fingerprint density at radius 3 is 2.47 bits per heavy atom. The topological polar surface area (TPSA) is 80.9 Å². The predicted octanol–water partition coefficient (Wildman–Crippen LogP) is -0.827. The summed E-state index contributed by atoms with van der Waals surface area (Å²) in [6.45, 7) is 5.18. The van der Waals surface area contributed by atoms with E-state index < -0.39 is 23.9 Å². The lowest BCUT2D eigenvalue weighted by Crippen LogP contribution is -2.59. The number of hydrogen-bond donors (Lipinski definition) is 4. The monoisotopic (exact) mass is 212 g/mol. The summed E-state index contributed by atoms with van der Waals surface area (Å²) in [6.07, 6.45) is -3.20. The van der Waals surface area contributed by atoms with Crippen LogP contribution >= 0.6 is 0 Å². The van der Waals surface area contributed by atoms with E-state index in [1.807, 2.05) is 0 Å². The van der Waals surface area contributed by atoms with Crippen LogP contribution in [0.15, 0.2) is 12.2 Å². The fourth-order valence-corrected chi connectivity index (χ4v) is 1.56. The minimum Gasteiger partial charge on any atom is -0.390 e. The largest absolute Gasteiger partial charge is 0.390 e. The summed E-state index contributed by atoms with van der Waals surface area (Å²) in [7, 11) is 0. The molecule has 0 bridgehead atoms. The Hall–Kier alpha value is -0.860. The molecule has 1 aliphatic carbocycles. The van der Waals surface area contributed by atoms with Gasteiger partial charge < -0.3 is 20.4 Å². The normalized spacial score (nSPS) is 40.5. The molecule has 1 rings (SSSR count). The molecule has 4 atom stereocenters. The lowest BCUT2D eigenvalue weighted by Gasteiger charge is -2.39. The maximum absolute atomic E-state index is 9.95. The van der Waals surface area contributed by atoms with Crippen molar-refractivity contribution >= 4 is 0 Å². The third-order valence-electron chi connectivity index (χ3n) is 2.54. The fraction of sp³-hybridized carbons (Fsp3) is 0.636. The van der Waals surface area contributed by atoms with Gasteiger partial charge in [-0.05, 0) is 25.3 Å². The zero-order valence-corrected chi connectivity index (χ0v) is 8.64. The first kappa shape index (κ1) is 12.2. The Bertz CT molecular complexity index is 314. The Balaban J connectivity index is 2.97. The van der Waals surface area contributed by atoms with Crippen LogP contribution in [0.4, 0.5) is 0 Å². The van der Waals surface area contributed by atoms with Crippen LogP contribution in [0.25, 0.3) is 0 Å². The first-order chi connectivity index (χ1) is 6.88. The highest BCUT2D eigenvalue weighted by Gasteiger charge is 2.48. The lowest BCUT2D eigenvalue weighted by molar-refractivity contribution is -0.172. The van der Waals surface area contributed by atoms with E-state index in [9.17, 15) is 20.4 Å². The predicted molar refractivity (Wildman–Crippen MR) is 54.8 cm³/mol. The van der Waals surface area contributed by atoms with Crippen LogP contribution in [0.5, 0.6) is 0 Å². The van der Waals surface area contributed by atoms with Crippen molar-refractivity contribution in [1.82, 2.24) is 0 Å². The van der Waals surface area contributed by atoms with Crippen molar-refractivity contribution in [2.24, 2.45) is 0 Å². The minimum atomic E-state index is -1.96. The highest BCUT2D eigenvalue weighted by atomic mass is 16.4. The van der Waals surface area contributed by atoms with E-state index in [1.54, 1.807) is 6.92 Å². The van der Waals surface area contributed by atoms with Gasteiger partial charge in [-0.15, -0.1) is 0 Å². The molecular weight excluding hydrogens is 196 g/mol. The Morgan fingerprint density at radius 2 is 1.93 bits per heavy atom. The molecule has 0 aromatic carbocycles. The van der Waals surface area contributed by atoms with Crippen molar-refractivity contribution in [3.8, 4) is 11.8 Å². The van der Waals surface area contributed by atoms with Gasteiger partial charge in [0.05, 0.1) is 12.2 Å². The molecule has 0 aliphatic heterocycles. The number of aliphatic hydroxyl groups is 4. The fourth-order valence-electron chi connectivity index (χ4n) is 1.56.